The minimum absolute atomic E-state index is 0.00872. The Morgan fingerprint density at radius 2 is 1.89 bits per heavy atom. The fourth-order valence-electron chi connectivity index (χ4n) is 3.34. The van der Waals surface area contributed by atoms with E-state index in [0.29, 0.717) is 35.8 Å². The molecule has 2 aromatic carbocycles. The zero-order valence-corrected chi connectivity index (χ0v) is 14.8. The van der Waals surface area contributed by atoms with E-state index in [0.717, 1.165) is 11.3 Å². The molecule has 1 aromatic heterocycles. The van der Waals surface area contributed by atoms with Gasteiger partial charge in [0.05, 0.1) is 24.1 Å². The number of halogens is 1. The predicted octanol–water partition coefficient (Wildman–Crippen LogP) is 4.28. The van der Waals surface area contributed by atoms with E-state index in [-0.39, 0.29) is 17.5 Å². The number of benzene rings is 2. The summed E-state index contributed by atoms with van der Waals surface area (Å²) in [7, 11) is 1.60. The summed E-state index contributed by atoms with van der Waals surface area (Å²) in [5.41, 5.74) is 2.94. The molecule has 6 heteroatoms. The van der Waals surface area contributed by atoms with Crippen LogP contribution in [0, 0.1) is 5.82 Å². The number of carbonyl (C=O) groups is 1. The first-order valence-corrected chi connectivity index (χ1v) is 8.68. The predicted molar refractivity (Wildman–Crippen MR) is 100 cm³/mol. The zero-order valence-electron chi connectivity index (χ0n) is 14.8. The third kappa shape index (κ3) is 3.51. The van der Waals surface area contributed by atoms with Gasteiger partial charge in [-0.2, -0.15) is 0 Å². The first kappa shape index (κ1) is 17.1. The molecular formula is C21H18FN3O2. The lowest BCUT2D eigenvalue weighted by Gasteiger charge is -2.23. The Kier molecular flexibility index (Phi) is 4.54. The minimum Gasteiger partial charge on any atom is -0.495 e. The summed E-state index contributed by atoms with van der Waals surface area (Å²) in [6.45, 7) is 0. The molecule has 27 heavy (non-hydrogen) atoms. The SMILES string of the molecule is COc1ccccc1Nc1ncc2c(n1)CC(c1ccc(F)cc1)CC2=O. The van der Waals surface area contributed by atoms with Gasteiger partial charge < -0.3 is 10.1 Å². The molecule has 136 valence electrons. The molecule has 0 fully saturated rings. The van der Waals surface area contributed by atoms with Crippen LogP contribution in [-0.2, 0) is 6.42 Å². The van der Waals surface area contributed by atoms with Crippen LogP contribution >= 0.6 is 0 Å². The molecule has 4 rings (SSSR count). The number of aromatic nitrogens is 2. The highest BCUT2D eigenvalue weighted by Crippen LogP contribution is 2.33. The van der Waals surface area contributed by atoms with Gasteiger partial charge >= 0.3 is 0 Å². The maximum Gasteiger partial charge on any atom is 0.227 e. The molecule has 1 aliphatic rings. The molecule has 5 nitrogen and oxygen atoms in total. The monoisotopic (exact) mass is 363 g/mol. The molecule has 0 radical (unpaired) electrons. The van der Waals surface area contributed by atoms with Crippen LogP contribution in [0.4, 0.5) is 16.0 Å². The van der Waals surface area contributed by atoms with Gasteiger partial charge in [0.1, 0.15) is 11.6 Å². The average molecular weight is 363 g/mol. The van der Waals surface area contributed by atoms with Crippen molar-refractivity contribution in [2.45, 2.75) is 18.8 Å². The molecule has 3 aromatic rings. The van der Waals surface area contributed by atoms with Gasteiger partial charge in [0, 0.05) is 12.6 Å². The summed E-state index contributed by atoms with van der Waals surface area (Å²) >= 11 is 0. The minimum atomic E-state index is -0.285. The Balaban J connectivity index is 1.62. The van der Waals surface area contributed by atoms with Crippen LogP contribution in [0.1, 0.15) is 34.0 Å². The van der Waals surface area contributed by atoms with E-state index >= 15 is 0 Å². The lowest BCUT2D eigenvalue weighted by molar-refractivity contribution is 0.0962. The van der Waals surface area contributed by atoms with E-state index in [2.05, 4.69) is 15.3 Å². The number of carbonyl (C=O) groups excluding carboxylic acids is 1. The van der Waals surface area contributed by atoms with E-state index in [4.69, 9.17) is 4.74 Å². The second-order valence-corrected chi connectivity index (χ2v) is 6.46. The number of nitrogens with zero attached hydrogens (tertiary/aromatic N) is 2. The van der Waals surface area contributed by atoms with E-state index < -0.39 is 0 Å². The number of nitrogens with one attached hydrogen (secondary N) is 1. The van der Waals surface area contributed by atoms with Crippen molar-refractivity contribution in [2.75, 3.05) is 12.4 Å². The summed E-state index contributed by atoms with van der Waals surface area (Å²) in [5.74, 6) is 0.797. The molecule has 1 unspecified atom stereocenters. The van der Waals surface area contributed by atoms with Crippen LogP contribution in [0.3, 0.4) is 0 Å². The fourth-order valence-corrected chi connectivity index (χ4v) is 3.34. The Labute approximate surface area is 156 Å². The van der Waals surface area contributed by atoms with Gasteiger partial charge in [0.2, 0.25) is 5.95 Å². The molecule has 0 bridgehead atoms. The quantitative estimate of drug-likeness (QED) is 0.749. The maximum absolute atomic E-state index is 13.2. The van der Waals surface area contributed by atoms with E-state index in [1.807, 2.05) is 24.3 Å². The van der Waals surface area contributed by atoms with E-state index in [1.54, 1.807) is 25.4 Å². The molecule has 0 amide bonds. The van der Waals surface area contributed by atoms with Gasteiger partial charge in [-0.05, 0) is 42.2 Å². The lowest BCUT2D eigenvalue weighted by atomic mass is 9.82. The van der Waals surface area contributed by atoms with Crippen LogP contribution in [0.15, 0.2) is 54.7 Å². The molecule has 1 atom stereocenters. The third-order valence-corrected chi connectivity index (χ3v) is 4.73. The average Bonchev–Trinajstić information content (AvgIpc) is 2.68. The smallest absolute Gasteiger partial charge is 0.227 e. The van der Waals surface area contributed by atoms with Gasteiger partial charge in [-0.1, -0.05) is 24.3 Å². The van der Waals surface area contributed by atoms with Crippen molar-refractivity contribution in [3.63, 3.8) is 0 Å². The van der Waals surface area contributed by atoms with Crippen molar-refractivity contribution in [3.05, 3.63) is 77.4 Å². The lowest BCUT2D eigenvalue weighted by Crippen LogP contribution is -2.21. The first-order valence-electron chi connectivity index (χ1n) is 8.68. The topological polar surface area (TPSA) is 64.1 Å². The number of para-hydroxylation sites is 2. The molecule has 0 saturated heterocycles. The van der Waals surface area contributed by atoms with E-state index in [9.17, 15) is 9.18 Å². The van der Waals surface area contributed by atoms with E-state index in [1.165, 1.54) is 12.1 Å². The first-order chi connectivity index (χ1) is 13.1. The van der Waals surface area contributed by atoms with Gasteiger partial charge in [-0.3, -0.25) is 4.79 Å². The number of hydrogen-bond acceptors (Lipinski definition) is 5. The zero-order chi connectivity index (χ0) is 18.8. The molecule has 0 saturated carbocycles. The summed E-state index contributed by atoms with van der Waals surface area (Å²) in [6.07, 6.45) is 2.56. The molecule has 1 aliphatic carbocycles. The normalized spacial score (nSPS) is 15.9. The number of ether oxygens (including phenoxy) is 1. The standard InChI is InChI=1S/C21H18FN3O2/c1-27-20-5-3-2-4-17(20)24-21-23-12-16-18(25-21)10-14(11-19(16)26)13-6-8-15(22)9-7-13/h2-9,12,14H,10-11H2,1H3,(H,23,24,25). The second-order valence-electron chi connectivity index (χ2n) is 6.46. The number of rotatable bonds is 4. The fraction of sp³-hybridized carbons (Fsp3) is 0.190. The number of ketones is 1. The Morgan fingerprint density at radius 1 is 1.11 bits per heavy atom. The number of hydrogen-bond donors (Lipinski definition) is 1. The molecular weight excluding hydrogens is 345 g/mol. The molecule has 1 heterocycles. The third-order valence-electron chi connectivity index (χ3n) is 4.73. The van der Waals surface area contributed by atoms with Crippen molar-refractivity contribution in [1.82, 2.24) is 9.97 Å². The Bertz CT molecular complexity index is 989. The Hall–Kier alpha value is -3.28. The highest BCUT2D eigenvalue weighted by Gasteiger charge is 2.28. The van der Waals surface area contributed by atoms with Crippen molar-refractivity contribution >= 4 is 17.4 Å². The highest BCUT2D eigenvalue weighted by molar-refractivity contribution is 5.98. The van der Waals surface area contributed by atoms with Crippen LogP contribution < -0.4 is 10.1 Å². The van der Waals surface area contributed by atoms with Gasteiger partial charge in [0.15, 0.2) is 5.78 Å². The van der Waals surface area contributed by atoms with Crippen molar-refractivity contribution in [1.29, 1.82) is 0 Å². The largest absolute Gasteiger partial charge is 0.495 e. The van der Waals surface area contributed by atoms with Crippen LogP contribution in [0.2, 0.25) is 0 Å². The number of anilines is 2. The number of fused-ring (bicyclic) bond motifs is 1. The van der Waals surface area contributed by atoms with Gasteiger partial charge in [-0.25, -0.2) is 14.4 Å². The number of Topliss-reactive ketones (excluding diaryl/α,β-unsaturated/α-hetero) is 1. The highest BCUT2D eigenvalue weighted by atomic mass is 19.1. The van der Waals surface area contributed by atoms with Gasteiger partial charge in [-0.15, -0.1) is 0 Å². The summed E-state index contributed by atoms with van der Waals surface area (Å²) in [6, 6.07) is 13.8. The van der Waals surface area contributed by atoms with Crippen molar-refractivity contribution in [2.24, 2.45) is 0 Å². The number of methoxy groups -OCH3 is 1. The van der Waals surface area contributed by atoms with Crippen molar-refractivity contribution in [3.8, 4) is 5.75 Å². The van der Waals surface area contributed by atoms with Crippen LogP contribution in [0.25, 0.3) is 0 Å². The molecule has 0 aliphatic heterocycles. The Morgan fingerprint density at radius 3 is 2.67 bits per heavy atom. The van der Waals surface area contributed by atoms with Crippen molar-refractivity contribution < 1.29 is 13.9 Å². The summed E-state index contributed by atoms with van der Waals surface area (Å²) in [4.78, 5) is 21.3. The summed E-state index contributed by atoms with van der Waals surface area (Å²) < 4.78 is 18.5. The van der Waals surface area contributed by atoms with Crippen LogP contribution in [0.5, 0.6) is 5.75 Å². The maximum atomic E-state index is 13.2. The molecule has 0 spiro atoms. The van der Waals surface area contributed by atoms with Crippen LogP contribution in [-0.4, -0.2) is 22.9 Å². The van der Waals surface area contributed by atoms with Gasteiger partial charge in [0.25, 0.3) is 0 Å². The summed E-state index contributed by atoms with van der Waals surface area (Å²) in [5, 5.41) is 3.14. The molecule has 1 N–H and O–H groups in total. The second kappa shape index (κ2) is 7.15.